The Balaban J connectivity index is 1.99. The van der Waals surface area contributed by atoms with E-state index in [9.17, 15) is 13.2 Å². The molecule has 2 aromatic rings. The second-order valence-corrected chi connectivity index (χ2v) is 9.96. The fraction of sp³-hybridized carbons (Fsp3) is 0.409. The first-order valence-corrected chi connectivity index (χ1v) is 12.2. The molecule has 29 heavy (non-hydrogen) atoms. The third-order valence-electron chi connectivity index (χ3n) is 4.80. The van der Waals surface area contributed by atoms with Crippen LogP contribution in [-0.4, -0.2) is 37.5 Å². The fourth-order valence-electron chi connectivity index (χ4n) is 3.01. The molecule has 0 bridgehead atoms. The van der Waals surface area contributed by atoms with E-state index in [2.05, 4.69) is 23.5 Å². The second-order valence-electron chi connectivity index (χ2n) is 7.01. The van der Waals surface area contributed by atoms with E-state index in [1.807, 2.05) is 34.6 Å². The van der Waals surface area contributed by atoms with E-state index in [1.54, 1.807) is 24.3 Å². The molecule has 158 valence electrons. The quantitative estimate of drug-likeness (QED) is 0.598. The minimum Gasteiger partial charge on any atom is -0.349 e. The Hall–Kier alpha value is -1.83. The van der Waals surface area contributed by atoms with E-state index in [-0.39, 0.29) is 16.8 Å². The van der Waals surface area contributed by atoms with Gasteiger partial charge in [0.15, 0.2) is 0 Å². The van der Waals surface area contributed by atoms with Crippen LogP contribution < -0.4 is 5.32 Å². The largest absolute Gasteiger partial charge is 0.349 e. The summed E-state index contributed by atoms with van der Waals surface area (Å²) in [6.07, 6.45) is 0. The highest BCUT2D eigenvalue weighted by atomic mass is 32.2. The van der Waals surface area contributed by atoms with Crippen molar-refractivity contribution in [3.63, 3.8) is 0 Å². The Morgan fingerprint density at radius 1 is 1.07 bits per heavy atom. The van der Waals surface area contributed by atoms with Crippen molar-refractivity contribution in [3.05, 3.63) is 59.2 Å². The molecule has 0 aromatic heterocycles. The first-order chi connectivity index (χ1) is 13.7. The van der Waals surface area contributed by atoms with Crippen molar-refractivity contribution in [2.45, 2.75) is 50.5 Å². The molecule has 0 saturated carbocycles. The zero-order valence-electron chi connectivity index (χ0n) is 17.7. The Morgan fingerprint density at radius 3 is 2.28 bits per heavy atom. The van der Waals surface area contributed by atoms with Gasteiger partial charge in [0.25, 0.3) is 0 Å². The van der Waals surface area contributed by atoms with Crippen LogP contribution in [0.2, 0.25) is 0 Å². The van der Waals surface area contributed by atoms with Gasteiger partial charge in [-0.2, -0.15) is 4.31 Å². The number of carbonyl (C=O) groups is 1. The number of hydrogen-bond acceptors (Lipinski definition) is 4. The molecule has 0 aliphatic carbocycles. The topological polar surface area (TPSA) is 66.5 Å². The Bertz CT molecular complexity index is 937. The van der Waals surface area contributed by atoms with E-state index >= 15 is 0 Å². The minimum atomic E-state index is -3.47. The van der Waals surface area contributed by atoms with Gasteiger partial charge in [-0.15, -0.1) is 11.8 Å². The Kier molecular flexibility index (Phi) is 8.31. The van der Waals surface area contributed by atoms with Gasteiger partial charge in [0, 0.05) is 18.0 Å². The molecule has 0 fully saturated rings. The van der Waals surface area contributed by atoms with Crippen molar-refractivity contribution in [3.8, 4) is 0 Å². The maximum Gasteiger partial charge on any atom is 0.243 e. The van der Waals surface area contributed by atoms with Crippen molar-refractivity contribution >= 4 is 27.7 Å². The van der Waals surface area contributed by atoms with Crippen LogP contribution in [0.1, 0.15) is 43.5 Å². The number of benzene rings is 2. The molecule has 1 unspecified atom stereocenters. The summed E-state index contributed by atoms with van der Waals surface area (Å²) >= 11 is 1.52. The average Bonchev–Trinajstić information content (AvgIpc) is 2.69. The summed E-state index contributed by atoms with van der Waals surface area (Å²) in [6.45, 7) is 10.5. The van der Waals surface area contributed by atoms with Crippen molar-refractivity contribution in [2.75, 3.05) is 18.8 Å². The number of nitrogens with zero attached hydrogens (tertiary/aromatic N) is 1. The lowest BCUT2D eigenvalue weighted by molar-refractivity contribution is -0.119. The minimum absolute atomic E-state index is 0.0526. The van der Waals surface area contributed by atoms with Crippen molar-refractivity contribution in [1.82, 2.24) is 9.62 Å². The van der Waals surface area contributed by atoms with E-state index in [0.717, 1.165) is 16.0 Å². The number of nitrogens with one attached hydrogen (secondary N) is 1. The van der Waals surface area contributed by atoms with Gasteiger partial charge >= 0.3 is 0 Å². The SMILES string of the molecule is CCN(CC)S(=O)(=O)c1ccc(C(C)NC(=O)CSc2cc(C)ccc2C)cc1. The van der Waals surface area contributed by atoms with Gasteiger partial charge < -0.3 is 5.32 Å². The maximum absolute atomic E-state index is 12.6. The molecule has 0 heterocycles. The molecule has 5 nitrogen and oxygen atoms in total. The maximum atomic E-state index is 12.6. The van der Waals surface area contributed by atoms with Crippen LogP contribution in [0.5, 0.6) is 0 Å². The summed E-state index contributed by atoms with van der Waals surface area (Å²) in [7, 11) is -3.47. The number of carbonyl (C=O) groups excluding carboxylic acids is 1. The predicted molar refractivity (Wildman–Crippen MR) is 120 cm³/mol. The smallest absolute Gasteiger partial charge is 0.243 e. The number of thioether (sulfide) groups is 1. The van der Waals surface area contributed by atoms with E-state index < -0.39 is 10.0 Å². The number of sulfonamides is 1. The Labute approximate surface area is 178 Å². The molecular formula is C22H30N2O3S2. The molecular weight excluding hydrogens is 404 g/mol. The molecule has 2 aromatic carbocycles. The van der Waals surface area contributed by atoms with Gasteiger partial charge in [-0.3, -0.25) is 4.79 Å². The van der Waals surface area contributed by atoms with Crippen LogP contribution in [0, 0.1) is 13.8 Å². The molecule has 0 aliphatic heterocycles. The molecule has 2 rings (SSSR count). The number of rotatable bonds is 9. The number of aryl methyl sites for hydroxylation is 2. The summed E-state index contributed by atoms with van der Waals surface area (Å²) in [5.74, 6) is 0.284. The Morgan fingerprint density at radius 2 is 1.69 bits per heavy atom. The van der Waals surface area contributed by atoms with Gasteiger partial charge in [-0.05, 0) is 50.1 Å². The van der Waals surface area contributed by atoms with Crippen LogP contribution >= 0.6 is 11.8 Å². The van der Waals surface area contributed by atoms with Crippen molar-refractivity contribution in [1.29, 1.82) is 0 Å². The van der Waals surface area contributed by atoms with Gasteiger partial charge in [0.2, 0.25) is 15.9 Å². The molecule has 1 N–H and O–H groups in total. The number of hydrogen-bond donors (Lipinski definition) is 1. The third-order valence-corrected chi connectivity index (χ3v) is 8.02. The molecule has 1 atom stereocenters. The zero-order valence-corrected chi connectivity index (χ0v) is 19.4. The third kappa shape index (κ3) is 6.07. The van der Waals surface area contributed by atoms with Gasteiger partial charge in [0.05, 0.1) is 16.7 Å². The lowest BCUT2D eigenvalue weighted by Crippen LogP contribution is -2.30. The van der Waals surface area contributed by atoms with E-state index in [1.165, 1.54) is 21.6 Å². The summed E-state index contributed by atoms with van der Waals surface area (Å²) in [5.41, 5.74) is 3.20. The first-order valence-electron chi connectivity index (χ1n) is 9.78. The van der Waals surface area contributed by atoms with E-state index in [4.69, 9.17) is 0 Å². The normalized spacial score (nSPS) is 12.8. The van der Waals surface area contributed by atoms with Gasteiger partial charge in [0.1, 0.15) is 0 Å². The zero-order chi connectivity index (χ0) is 21.6. The average molecular weight is 435 g/mol. The molecule has 0 aliphatic rings. The molecule has 1 amide bonds. The van der Waals surface area contributed by atoms with Crippen LogP contribution in [0.25, 0.3) is 0 Å². The standard InChI is InChI=1S/C22H30N2O3S2/c1-6-24(7-2)29(26,27)20-12-10-19(11-13-20)18(5)23-22(25)15-28-21-14-16(3)8-9-17(21)4/h8-14,18H,6-7,15H2,1-5H3,(H,23,25). The molecule has 0 radical (unpaired) electrons. The molecule has 0 saturated heterocycles. The summed E-state index contributed by atoms with van der Waals surface area (Å²) in [6, 6.07) is 12.8. The summed E-state index contributed by atoms with van der Waals surface area (Å²) in [5, 5.41) is 2.98. The van der Waals surface area contributed by atoms with Gasteiger partial charge in [-0.25, -0.2) is 8.42 Å². The predicted octanol–water partition coefficient (Wildman–Crippen LogP) is 4.30. The van der Waals surface area contributed by atoms with Gasteiger partial charge in [-0.1, -0.05) is 43.7 Å². The van der Waals surface area contributed by atoms with Crippen LogP contribution in [0.3, 0.4) is 0 Å². The van der Waals surface area contributed by atoms with Crippen LogP contribution in [-0.2, 0) is 14.8 Å². The highest BCUT2D eigenvalue weighted by molar-refractivity contribution is 8.00. The summed E-state index contributed by atoms with van der Waals surface area (Å²) < 4.78 is 26.6. The highest BCUT2D eigenvalue weighted by Gasteiger charge is 2.21. The van der Waals surface area contributed by atoms with Crippen molar-refractivity contribution in [2.24, 2.45) is 0 Å². The van der Waals surface area contributed by atoms with Crippen molar-refractivity contribution < 1.29 is 13.2 Å². The van der Waals surface area contributed by atoms with E-state index in [0.29, 0.717) is 18.8 Å². The first kappa shape index (κ1) is 23.4. The van der Waals surface area contributed by atoms with Crippen LogP contribution in [0.4, 0.5) is 0 Å². The van der Waals surface area contributed by atoms with Crippen LogP contribution in [0.15, 0.2) is 52.3 Å². The summed E-state index contributed by atoms with van der Waals surface area (Å²) in [4.78, 5) is 13.7. The fourth-order valence-corrected chi connectivity index (χ4v) is 5.41. The second kappa shape index (κ2) is 10.3. The molecule has 7 heteroatoms. The lowest BCUT2D eigenvalue weighted by atomic mass is 10.1. The number of amides is 1. The lowest BCUT2D eigenvalue weighted by Gasteiger charge is -2.19. The highest BCUT2D eigenvalue weighted by Crippen LogP contribution is 2.24. The monoisotopic (exact) mass is 434 g/mol. The molecule has 0 spiro atoms.